The lowest BCUT2D eigenvalue weighted by atomic mass is 9.81. The molecule has 1 aromatic heterocycles. The highest BCUT2D eigenvalue weighted by Crippen LogP contribution is 2.32. The van der Waals surface area contributed by atoms with Crippen LogP contribution in [0.25, 0.3) is 0 Å². The van der Waals surface area contributed by atoms with Gasteiger partial charge in [-0.15, -0.1) is 0 Å². The molecule has 27 heavy (non-hydrogen) atoms. The van der Waals surface area contributed by atoms with Crippen LogP contribution in [0.3, 0.4) is 0 Å². The number of likely N-dealkylation sites (tertiary alicyclic amines) is 1. The number of aromatic nitrogens is 1. The first-order valence-electron chi connectivity index (χ1n) is 10.0. The molecule has 2 aliphatic rings. The number of hydrogen-bond donors (Lipinski definition) is 2. The van der Waals surface area contributed by atoms with E-state index in [-0.39, 0.29) is 5.91 Å². The summed E-state index contributed by atoms with van der Waals surface area (Å²) in [6.07, 6.45) is 3.96. The molecule has 0 bridgehead atoms. The van der Waals surface area contributed by atoms with E-state index in [0.29, 0.717) is 23.6 Å². The van der Waals surface area contributed by atoms with Gasteiger partial charge in [-0.1, -0.05) is 42.4 Å². The molecule has 0 saturated carbocycles. The predicted octanol–water partition coefficient (Wildman–Crippen LogP) is 2.74. The topological polar surface area (TPSA) is 70.4 Å². The number of amides is 1. The number of benzene rings is 1. The molecule has 3 heterocycles. The van der Waals surface area contributed by atoms with Crippen LogP contribution >= 0.6 is 0 Å². The Morgan fingerprint density at radius 1 is 1.33 bits per heavy atom. The number of aryl methyl sites for hydroxylation is 1. The Kier molecular flexibility index (Phi) is 5.55. The van der Waals surface area contributed by atoms with Gasteiger partial charge >= 0.3 is 0 Å². The van der Waals surface area contributed by atoms with Crippen LogP contribution in [0.15, 0.2) is 40.9 Å². The summed E-state index contributed by atoms with van der Waals surface area (Å²) >= 11 is 0. The van der Waals surface area contributed by atoms with Gasteiger partial charge in [0.05, 0.1) is 0 Å². The maximum Gasteiger partial charge on any atom is 0.276 e. The Morgan fingerprint density at radius 3 is 3.00 bits per heavy atom. The van der Waals surface area contributed by atoms with Crippen LogP contribution < -0.4 is 10.9 Å². The zero-order valence-corrected chi connectivity index (χ0v) is 15.9. The summed E-state index contributed by atoms with van der Waals surface area (Å²) in [6, 6.07) is 12.8. The van der Waals surface area contributed by atoms with E-state index in [2.05, 4.69) is 53.3 Å². The molecule has 3 unspecified atom stereocenters. The minimum Gasteiger partial charge on any atom is -0.361 e. The van der Waals surface area contributed by atoms with Gasteiger partial charge in [-0.3, -0.25) is 15.6 Å². The van der Waals surface area contributed by atoms with E-state index in [1.165, 1.54) is 5.56 Å². The van der Waals surface area contributed by atoms with E-state index in [0.717, 1.165) is 51.1 Å². The third-order valence-electron chi connectivity index (χ3n) is 5.78. The summed E-state index contributed by atoms with van der Waals surface area (Å²) in [5, 5.41) is 4.00. The molecule has 2 aromatic rings. The van der Waals surface area contributed by atoms with Crippen LogP contribution in [0, 0.1) is 5.92 Å². The van der Waals surface area contributed by atoms with Gasteiger partial charge in [0.1, 0.15) is 5.76 Å². The Hall–Kier alpha value is -2.18. The third-order valence-corrected chi connectivity index (χ3v) is 5.78. The number of piperidine rings is 1. The molecule has 4 rings (SSSR count). The number of carbonyl (C=O) groups excluding carboxylic acids is 1. The minimum absolute atomic E-state index is 0.00646. The summed E-state index contributed by atoms with van der Waals surface area (Å²) in [6.45, 7) is 4.56. The second-order valence-corrected chi connectivity index (χ2v) is 7.65. The molecule has 0 radical (unpaired) electrons. The van der Waals surface area contributed by atoms with Crippen LogP contribution in [-0.4, -0.2) is 41.6 Å². The normalized spacial score (nSPS) is 25.7. The molecule has 144 valence electrons. The molecule has 2 saturated heterocycles. The van der Waals surface area contributed by atoms with Crippen LogP contribution in [0.5, 0.6) is 0 Å². The van der Waals surface area contributed by atoms with E-state index < -0.39 is 0 Å². The highest BCUT2D eigenvalue weighted by Gasteiger charge is 2.38. The molecule has 1 aromatic carbocycles. The van der Waals surface area contributed by atoms with Crippen molar-refractivity contribution >= 4 is 5.91 Å². The van der Waals surface area contributed by atoms with E-state index >= 15 is 0 Å². The smallest absolute Gasteiger partial charge is 0.276 e. The van der Waals surface area contributed by atoms with Crippen molar-refractivity contribution in [2.24, 2.45) is 5.92 Å². The van der Waals surface area contributed by atoms with Gasteiger partial charge in [-0.2, -0.15) is 0 Å². The van der Waals surface area contributed by atoms with Gasteiger partial charge in [0, 0.05) is 44.1 Å². The maximum atomic E-state index is 12.9. The van der Waals surface area contributed by atoms with E-state index in [4.69, 9.17) is 4.52 Å². The largest absolute Gasteiger partial charge is 0.361 e. The number of nitrogens with one attached hydrogen (secondary N) is 2. The van der Waals surface area contributed by atoms with Crippen molar-refractivity contribution in [1.82, 2.24) is 20.9 Å². The summed E-state index contributed by atoms with van der Waals surface area (Å²) in [5.41, 5.74) is 8.60. The lowest BCUT2D eigenvalue weighted by Gasteiger charge is -2.37. The molecule has 0 aliphatic carbocycles. The highest BCUT2D eigenvalue weighted by atomic mass is 16.5. The standard InChI is InChI=1S/C21H28N4O2/c1-2-7-17-12-19(24-27-17)21(26)25-11-6-10-16(14-25)20-18(13-22-23-20)15-8-4-3-5-9-15/h3-5,8-9,12,16,18,20,22-23H,2,6-7,10-11,13-14H2,1H3. The molecular weight excluding hydrogens is 340 g/mol. The molecule has 0 spiro atoms. The Labute approximate surface area is 160 Å². The Bertz CT molecular complexity index is 761. The number of hydrogen-bond acceptors (Lipinski definition) is 5. The van der Waals surface area contributed by atoms with Gasteiger partial charge < -0.3 is 9.42 Å². The lowest BCUT2D eigenvalue weighted by molar-refractivity contribution is 0.0634. The summed E-state index contributed by atoms with van der Waals surface area (Å²) in [4.78, 5) is 14.8. The van der Waals surface area contributed by atoms with E-state index in [9.17, 15) is 4.79 Å². The fraction of sp³-hybridized carbons (Fsp3) is 0.524. The van der Waals surface area contributed by atoms with Gasteiger partial charge in [-0.05, 0) is 30.7 Å². The summed E-state index contributed by atoms with van der Waals surface area (Å²) < 4.78 is 5.30. The fourth-order valence-electron chi connectivity index (χ4n) is 4.41. The Balaban J connectivity index is 1.45. The average Bonchev–Trinajstić information content (AvgIpc) is 3.38. The monoisotopic (exact) mass is 368 g/mol. The minimum atomic E-state index is -0.00646. The van der Waals surface area contributed by atoms with Gasteiger partial charge in [0.25, 0.3) is 5.91 Å². The number of carbonyl (C=O) groups is 1. The van der Waals surface area contributed by atoms with Crippen molar-refractivity contribution in [2.45, 2.75) is 44.6 Å². The van der Waals surface area contributed by atoms with Crippen LogP contribution in [0.2, 0.25) is 0 Å². The highest BCUT2D eigenvalue weighted by molar-refractivity contribution is 5.92. The number of rotatable bonds is 5. The van der Waals surface area contributed by atoms with Gasteiger partial charge in [0.2, 0.25) is 0 Å². The molecule has 6 nitrogen and oxygen atoms in total. The van der Waals surface area contributed by atoms with E-state index in [1.807, 2.05) is 4.90 Å². The molecule has 2 aliphatic heterocycles. The van der Waals surface area contributed by atoms with Crippen molar-refractivity contribution in [3.8, 4) is 0 Å². The number of nitrogens with zero attached hydrogens (tertiary/aromatic N) is 2. The van der Waals surface area contributed by atoms with Crippen molar-refractivity contribution in [2.75, 3.05) is 19.6 Å². The molecule has 2 fully saturated rings. The average molecular weight is 368 g/mol. The first-order chi connectivity index (χ1) is 13.3. The van der Waals surface area contributed by atoms with Crippen molar-refractivity contribution in [1.29, 1.82) is 0 Å². The second kappa shape index (κ2) is 8.23. The lowest BCUT2D eigenvalue weighted by Crippen LogP contribution is -2.48. The zero-order valence-electron chi connectivity index (χ0n) is 15.9. The first-order valence-corrected chi connectivity index (χ1v) is 10.0. The van der Waals surface area contributed by atoms with E-state index in [1.54, 1.807) is 6.07 Å². The van der Waals surface area contributed by atoms with Crippen LogP contribution in [0.4, 0.5) is 0 Å². The fourth-order valence-corrected chi connectivity index (χ4v) is 4.41. The van der Waals surface area contributed by atoms with Crippen LogP contribution in [0.1, 0.15) is 53.9 Å². The van der Waals surface area contributed by atoms with Gasteiger partial charge in [-0.25, -0.2) is 0 Å². The SMILES string of the molecule is CCCc1cc(C(=O)N2CCCC(C3NNCC3c3ccccc3)C2)no1. The second-order valence-electron chi connectivity index (χ2n) is 7.65. The molecule has 2 N–H and O–H groups in total. The molecule has 3 atom stereocenters. The quantitative estimate of drug-likeness (QED) is 0.849. The summed E-state index contributed by atoms with van der Waals surface area (Å²) in [5.74, 6) is 1.63. The maximum absolute atomic E-state index is 12.9. The molecule has 1 amide bonds. The number of hydrazine groups is 1. The Morgan fingerprint density at radius 2 is 2.19 bits per heavy atom. The predicted molar refractivity (Wildman–Crippen MR) is 103 cm³/mol. The third kappa shape index (κ3) is 3.92. The van der Waals surface area contributed by atoms with Crippen molar-refractivity contribution < 1.29 is 9.32 Å². The molecular formula is C21H28N4O2. The van der Waals surface area contributed by atoms with Crippen molar-refractivity contribution in [3.63, 3.8) is 0 Å². The van der Waals surface area contributed by atoms with Crippen molar-refractivity contribution in [3.05, 3.63) is 53.4 Å². The zero-order chi connectivity index (χ0) is 18.6. The first kappa shape index (κ1) is 18.2. The van der Waals surface area contributed by atoms with Gasteiger partial charge in [0.15, 0.2) is 5.69 Å². The van der Waals surface area contributed by atoms with Crippen LogP contribution in [-0.2, 0) is 6.42 Å². The summed E-state index contributed by atoms with van der Waals surface area (Å²) in [7, 11) is 0. The molecule has 6 heteroatoms.